The molecule has 1 aromatic carbocycles. The average Bonchev–Trinajstić information content (AvgIpc) is 2.30. The van der Waals surface area contributed by atoms with E-state index in [0.29, 0.717) is 12.8 Å². The van der Waals surface area contributed by atoms with Gasteiger partial charge >= 0.3 is 0 Å². The largest absolute Gasteiger partial charge is 0.493 e. The van der Waals surface area contributed by atoms with E-state index in [9.17, 15) is 18.0 Å². The summed E-state index contributed by atoms with van der Waals surface area (Å²) in [6.45, 7) is 0. The second kappa shape index (κ2) is 4.46. The zero-order valence-corrected chi connectivity index (χ0v) is 9.60. The van der Waals surface area contributed by atoms with Gasteiger partial charge in [-0.25, -0.2) is 13.6 Å². The second-order valence-electron chi connectivity index (χ2n) is 4.16. The highest BCUT2D eigenvalue weighted by molar-refractivity contribution is 5.46. The SMILES string of the molecule is COc1c(C2(N=C=O)CCC2)cc(F)c(F)c1F. The Morgan fingerprint density at radius 1 is 1.33 bits per heavy atom. The van der Waals surface area contributed by atoms with E-state index in [1.54, 1.807) is 0 Å². The third-order valence-electron chi connectivity index (χ3n) is 3.26. The number of benzene rings is 1. The molecule has 6 heteroatoms. The molecular weight excluding hydrogens is 247 g/mol. The van der Waals surface area contributed by atoms with Gasteiger partial charge in [-0.1, -0.05) is 0 Å². The number of rotatable bonds is 3. The molecule has 3 nitrogen and oxygen atoms in total. The van der Waals surface area contributed by atoms with Crippen LogP contribution in [-0.2, 0) is 10.3 Å². The summed E-state index contributed by atoms with van der Waals surface area (Å²) < 4.78 is 44.7. The summed E-state index contributed by atoms with van der Waals surface area (Å²) in [4.78, 5) is 14.0. The van der Waals surface area contributed by atoms with Gasteiger partial charge < -0.3 is 4.74 Å². The molecule has 0 bridgehead atoms. The van der Waals surface area contributed by atoms with E-state index in [1.807, 2.05) is 0 Å². The van der Waals surface area contributed by atoms with Crippen LogP contribution >= 0.6 is 0 Å². The highest BCUT2D eigenvalue weighted by Crippen LogP contribution is 2.49. The molecular formula is C12H10F3NO2. The summed E-state index contributed by atoms with van der Waals surface area (Å²) in [6.07, 6.45) is 3.05. The number of isocyanates is 1. The van der Waals surface area contributed by atoms with Crippen molar-refractivity contribution < 1.29 is 22.7 Å². The van der Waals surface area contributed by atoms with Crippen LogP contribution < -0.4 is 4.74 Å². The first-order chi connectivity index (χ1) is 8.55. The van der Waals surface area contributed by atoms with E-state index in [4.69, 9.17) is 4.74 Å². The molecule has 0 heterocycles. The molecule has 0 saturated heterocycles. The third-order valence-corrected chi connectivity index (χ3v) is 3.26. The third kappa shape index (κ3) is 1.69. The minimum absolute atomic E-state index is 0.0519. The van der Waals surface area contributed by atoms with Crippen LogP contribution in [0.25, 0.3) is 0 Å². The van der Waals surface area contributed by atoms with Gasteiger partial charge in [-0.3, -0.25) is 0 Å². The number of carbonyl (C=O) groups excluding carboxylic acids is 1. The number of nitrogens with zero attached hydrogens (tertiary/aromatic N) is 1. The van der Waals surface area contributed by atoms with Crippen LogP contribution in [0.15, 0.2) is 11.1 Å². The average molecular weight is 257 g/mol. The van der Waals surface area contributed by atoms with Crippen LogP contribution in [0, 0.1) is 17.5 Å². The maximum atomic E-state index is 13.6. The van der Waals surface area contributed by atoms with Gasteiger partial charge in [-0.15, -0.1) is 0 Å². The molecule has 1 saturated carbocycles. The zero-order chi connectivity index (χ0) is 13.3. The number of aliphatic imine (C=N–C) groups is 1. The first-order valence-corrected chi connectivity index (χ1v) is 5.37. The van der Waals surface area contributed by atoms with Crippen molar-refractivity contribution in [1.82, 2.24) is 0 Å². The Labute approximate surface area is 101 Å². The molecule has 0 spiro atoms. The molecule has 0 atom stereocenters. The fraction of sp³-hybridized carbons (Fsp3) is 0.417. The van der Waals surface area contributed by atoms with Crippen LogP contribution in [0.2, 0.25) is 0 Å². The smallest absolute Gasteiger partial charge is 0.235 e. The van der Waals surface area contributed by atoms with Gasteiger partial charge in [0.1, 0.15) is 5.54 Å². The first-order valence-electron chi connectivity index (χ1n) is 5.37. The fourth-order valence-electron chi connectivity index (χ4n) is 2.16. The molecule has 0 N–H and O–H groups in total. The van der Waals surface area contributed by atoms with Crippen molar-refractivity contribution in [1.29, 1.82) is 0 Å². The molecule has 96 valence electrons. The van der Waals surface area contributed by atoms with Crippen molar-refractivity contribution in [2.24, 2.45) is 4.99 Å². The van der Waals surface area contributed by atoms with Crippen LogP contribution in [0.1, 0.15) is 24.8 Å². The van der Waals surface area contributed by atoms with Crippen LogP contribution in [0.3, 0.4) is 0 Å². The molecule has 0 aromatic heterocycles. The van der Waals surface area contributed by atoms with Crippen LogP contribution in [0.4, 0.5) is 13.2 Å². The van der Waals surface area contributed by atoms with E-state index in [-0.39, 0.29) is 5.56 Å². The minimum atomic E-state index is -1.60. The topological polar surface area (TPSA) is 38.7 Å². The predicted molar refractivity (Wildman–Crippen MR) is 56.5 cm³/mol. The van der Waals surface area contributed by atoms with E-state index in [2.05, 4.69) is 4.99 Å². The highest BCUT2D eigenvalue weighted by atomic mass is 19.2. The summed E-state index contributed by atoms with van der Waals surface area (Å²) in [5.74, 6) is -4.73. The lowest BCUT2D eigenvalue weighted by Crippen LogP contribution is -2.33. The van der Waals surface area contributed by atoms with Gasteiger partial charge in [0.25, 0.3) is 0 Å². The number of methoxy groups -OCH3 is 1. The quantitative estimate of drug-likeness (QED) is 0.474. The normalized spacial score (nSPS) is 16.7. The summed E-state index contributed by atoms with van der Waals surface area (Å²) in [5.41, 5.74) is -0.987. The van der Waals surface area contributed by atoms with E-state index < -0.39 is 28.7 Å². The van der Waals surface area contributed by atoms with Gasteiger partial charge in [0.15, 0.2) is 17.4 Å². The van der Waals surface area contributed by atoms with Crippen molar-refractivity contribution in [2.75, 3.05) is 7.11 Å². The summed E-state index contributed by atoms with van der Waals surface area (Å²) >= 11 is 0. The Balaban J connectivity index is 2.67. The number of ether oxygens (including phenoxy) is 1. The lowest BCUT2D eigenvalue weighted by molar-refractivity contribution is 0.239. The zero-order valence-electron chi connectivity index (χ0n) is 9.60. The summed E-state index contributed by atoms with van der Waals surface area (Å²) in [6, 6.07) is 0.831. The molecule has 1 aliphatic carbocycles. The molecule has 0 amide bonds. The standard InChI is InChI=1S/C12H10F3NO2/c1-18-11-7(5-8(13)9(14)10(11)15)12(16-6-17)3-2-4-12/h5H,2-4H2,1H3. The minimum Gasteiger partial charge on any atom is -0.493 e. The van der Waals surface area contributed by atoms with Gasteiger partial charge in [-0.05, 0) is 25.3 Å². The molecule has 0 aliphatic heterocycles. The van der Waals surface area contributed by atoms with Gasteiger partial charge in [0, 0.05) is 5.56 Å². The monoisotopic (exact) mass is 257 g/mol. The summed E-state index contributed by atoms with van der Waals surface area (Å²) in [5, 5.41) is 0. The molecule has 1 aromatic rings. The van der Waals surface area contributed by atoms with Gasteiger partial charge in [-0.2, -0.15) is 9.38 Å². The lowest BCUT2D eigenvalue weighted by atomic mass is 9.72. The van der Waals surface area contributed by atoms with Crippen LogP contribution in [-0.4, -0.2) is 13.2 Å². The lowest BCUT2D eigenvalue weighted by Gasteiger charge is -2.37. The maximum Gasteiger partial charge on any atom is 0.235 e. The molecule has 0 unspecified atom stereocenters. The molecule has 18 heavy (non-hydrogen) atoms. The second-order valence-corrected chi connectivity index (χ2v) is 4.16. The number of hydrogen-bond acceptors (Lipinski definition) is 3. The molecule has 1 aliphatic rings. The van der Waals surface area contributed by atoms with Crippen molar-refractivity contribution in [2.45, 2.75) is 24.8 Å². The number of halogens is 3. The number of hydrogen-bond donors (Lipinski definition) is 0. The predicted octanol–water partition coefficient (Wildman–Crippen LogP) is 2.83. The Kier molecular flexibility index (Phi) is 3.13. The van der Waals surface area contributed by atoms with Gasteiger partial charge in [0.05, 0.1) is 7.11 Å². The summed E-state index contributed by atoms with van der Waals surface area (Å²) in [7, 11) is 1.15. The van der Waals surface area contributed by atoms with E-state index >= 15 is 0 Å². The van der Waals surface area contributed by atoms with Crippen LogP contribution in [0.5, 0.6) is 5.75 Å². The highest BCUT2D eigenvalue weighted by Gasteiger charge is 2.43. The maximum absolute atomic E-state index is 13.6. The van der Waals surface area contributed by atoms with Crippen molar-refractivity contribution in [3.05, 3.63) is 29.1 Å². The first kappa shape index (κ1) is 12.6. The molecule has 0 radical (unpaired) electrons. The van der Waals surface area contributed by atoms with Crippen molar-refractivity contribution in [3.63, 3.8) is 0 Å². The van der Waals surface area contributed by atoms with Crippen molar-refractivity contribution >= 4 is 6.08 Å². The Morgan fingerprint density at radius 2 is 2.00 bits per heavy atom. The molecule has 1 fully saturated rings. The Morgan fingerprint density at radius 3 is 2.44 bits per heavy atom. The Hall–Kier alpha value is -1.81. The Bertz CT molecular complexity index is 535. The molecule has 2 rings (SSSR count). The van der Waals surface area contributed by atoms with E-state index in [1.165, 1.54) is 6.08 Å². The van der Waals surface area contributed by atoms with Gasteiger partial charge in [0.2, 0.25) is 11.9 Å². The fourth-order valence-corrected chi connectivity index (χ4v) is 2.16. The van der Waals surface area contributed by atoms with Crippen molar-refractivity contribution in [3.8, 4) is 5.75 Å². The van der Waals surface area contributed by atoms with E-state index in [0.717, 1.165) is 19.6 Å².